The molecule has 1 rings (SSSR count). The summed E-state index contributed by atoms with van der Waals surface area (Å²) in [5.41, 5.74) is 1.32. The van der Waals surface area contributed by atoms with Gasteiger partial charge in [0, 0.05) is 13.7 Å². The van der Waals surface area contributed by atoms with Crippen LogP contribution in [-0.4, -0.2) is 13.7 Å². The Morgan fingerprint density at radius 2 is 1.57 bits per heavy atom. The van der Waals surface area contributed by atoms with Gasteiger partial charge in [-0.3, -0.25) is 0 Å². The molecule has 0 aliphatic heterocycles. The van der Waals surface area contributed by atoms with Crippen molar-refractivity contribution in [2.24, 2.45) is 0 Å². The molecule has 0 spiro atoms. The molecule has 0 N–H and O–H groups in total. The maximum Gasteiger partial charge on any atom is 0.0459 e. The Labute approximate surface area is 89.1 Å². The van der Waals surface area contributed by atoms with Crippen molar-refractivity contribution in [1.82, 2.24) is 0 Å². The third-order valence-corrected chi connectivity index (χ3v) is 1.35. The number of hydrogen-bond acceptors (Lipinski definition) is 1. The zero-order valence-corrected chi connectivity index (χ0v) is 10.2. The zero-order chi connectivity index (χ0) is 11.2. The molecule has 1 aromatic rings. The predicted octanol–water partition coefficient (Wildman–Crippen LogP) is 4.06. The lowest BCUT2D eigenvalue weighted by molar-refractivity contribution is 0.199. The summed E-state index contributed by atoms with van der Waals surface area (Å²) in [5.74, 6) is 0. The largest absolute Gasteiger partial charge is 0.385 e. The van der Waals surface area contributed by atoms with Crippen LogP contribution in [0.15, 0.2) is 30.3 Å². The summed E-state index contributed by atoms with van der Waals surface area (Å²) in [5, 5.41) is 0. The Bertz CT molecular complexity index is 168. The molecule has 0 atom stereocenters. The molecule has 0 aliphatic carbocycles. The fourth-order valence-corrected chi connectivity index (χ4v) is 0.739. The lowest BCUT2D eigenvalue weighted by atomic mass is 10.2. The van der Waals surface area contributed by atoms with E-state index in [0.29, 0.717) is 0 Å². The Kier molecular flexibility index (Phi) is 16.4. The highest BCUT2D eigenvalue weighted by Gasteiger charge is 1.72. The van der Waals surface area contributed by atoms with Gasteiger partial charge in [-0.2, -0.15) is 0 Å². The summed E-state index contributed by atoms with van der Waals surface area (Å²) >= 11 is 0. The van der Waals surface area contributed by atoms with E-state index in [4.69, 9.17) is 4.74 Å². The second-order valence-electron chi connectivity index (χ2n) is 2.65. The predicted molar refractivity (Wildman–Crippen MR) is 64.7 cm³/mol. The molecule has 0 fully saturated rings. The van der Waals surface area contributed by atoms with Crippen LogP contribution in [0.1, 0.15) is 32.8 Å². The van der Waals surface area contributed by atoms with Crippen molar-refractivity contribution >= 4 is 0 Å². The van der Waals surface area contributed by atoms with Crippen LogP contribution in [0.25, 0.3) is 0 Å². The van der Waals surface area contributed by atoms with Gasteiger partial charge in [-0.1, -0.05) is 56.7 Å². The third-order valence-electron chi connectivity index (χ3n) is 1.35. The Morgan fingerprint density at radius 3 is 1.71 bits per heavy atom. The van der Waals surface area contributed by atoms with Crippen LogP contribution >= 0.6 is 0 Å². The average Bonchev–Trinajstić information content (AvgIpc) is 2.24. The summed E-state index contributed by atoms with van der Waals surface area (Å²) in [6.07, 6.45) is 1.12. The minimum atomic E-state index is 0.889. The summed E-state index contributed by atoms with van der Waals surface area (Å²) in [6, 6.07) is 10.3. The van der Waals surface area contributed by atoms with Crippen molar-refractivity contribution in [2.75, 3.05) is 13.7 Å². The number of hydrogen-bond donors (Lipinski definition) is 0. The molecule has 1 heteroatoms. The van der Waals surface area contributed by atoms with Crippen LogP contribution < -0.4 is 0 Å². The maximum absolute atomic E-state index is 4.69. The molecule has 0 bridgehead atoms. The van der Waals surface area contributed by atoms with Gasteiger partial charge < -0.3 is 4.74 Å². The first-order valence-corrected chi connectivity index (χ1v) is 5.31. The van der Waals surface area contributed by atoms with Crippen LogP contribution in [0, 0.1) is 6.92 Å². The van der Waals surface area contributed by atoms with Crippen molar-refractivity contribution in [3.8, 4) is 0 Å². The van der Waals surface area contributed by atoms with Gasteiger partial charge in [0.2, 0.25) is 0 Å². The molecule has 1 nitrogen and oxygen atoms in total. The molecule has 1 aromatic carbocycles. The van der Waals surface area contributed by atoms with Crippen molar-refractivity contribution in [3.63, 3.8) is 0 Å². The van der Waals surface area contributed by atoms with Crippen LogP contribution in [0.2, 0.25) is 0 Å². The number of rotatable bonds is 2. The molecule has 0 unspecified atom stereocenters. The standard InChI is InChI=1S/C7H8.C4H10O.C2H6/c1-7-5-3-2-4-6-7;1-3-4-5-2;1-2/h2-6H,1H3;3-4H2,1-2H3;1-2H3. The topological polar surface area (TPSA) is 9.23 Å². The van der Waals surface area contributed by atoms with Crippen LogP contribution in [0.4, 0.5) is 0 Å². The van der Waals surface area contributed by atoms with E-state index in [2.05, 4.69) is 26.0 Å². The molecule has 0 aromatic heterocycles. The zero-order valence-electron chi connectivity index (χ0n) is 10.2. The van der Waals surface area contributed by atoms with E-state index in [-0.39, 0.29) is 0 Å². The van der Waals surface area contributed by atoms with E-state index < -0.39 is 0 Å². The molecular formula is C13H24O. The molecule has 82 valence electrons. The van der Waals surface area contributed by atoms with Gasteiger partial charge in [0.15, 0.2) is 0 Å². The maximum atomic E-state index is 4.69. The van der Waals surface area contributed by atoms with E-state index in [0.717, 1.165) is 13.0 Å². The van der Waals surface area contributed by atoms with Gasteiger partial charge in [-0.05, 0) is 13.3 Å². The lowest BCUT2D eigenvalue weighted by Gasteiger charge is -1.84. The van der Waals surface area contributed by atoms with E-state index in [1.807, 2.05) is 32.0 Å². The number of benzene rings is 1. The van der Waals surface area contributed by atoms with Gasteiger partial charge in [-0.25, -0.2) is 0 Å². The van der Waals surface area contributed by atoms with Crippen LogP contribution in [0.3, 0.4) is 0 Å². The van der Waals surface area contributed by atoms with Gasteiger partial charge in [0.05, 0.1) is 0 Å². The van der Waals surface area contributed by atoms with Crippen molar-refractivity contribution in [2.45, 2.75) is 34.1 Å². The van der Waals surface area contributed by atoms with Crippen LogP contribution in [0.5, 0.6) is 0 Å². The number of ether oxygens (including phenoxy) is 1. The Morgan fingerprint density at radius 1 is 1.07 bits per heavy atom. The summed E-state index contributed by atoms with van der Waals surface area (Å²) in [7, 11) is 1.71. The summed E-state index contributed by atoms with van der Waals surface area (Å²) < 4.78 is 4.69. The number of methoxy groups -OCH3 is 1. The number of aryl methyl sites for hydroxylation is 1. The Balaban J connectivity index is 0. The summed E-state index contributed by atoms with van der Waals surface area (Å²) in [6.45, 7) is 9.06. The fourth-order valence-electron chi connectivity index (χ4n) is 0.739. The highest BCUT2D eigenvalue weighted by atomic mass is 16.5. The highest BCUT2D eigenvalue weighted by Crippen LogP contribution is 1.92. The second kappa shape index (κ2) is 14.7. The average molecular weight is 196 g/mol. The van der Waals surface area contributed by atoms with E-state index in [1.54, 1.807) is 7.11 Å². The second-order valence-corrected chi connectivity index (χ2v) is 2.65. The van der Waals surface area contributed by atoms with Gasteiger partial charge in [0.1, 0.15) is 0 Å². The molecule has 0 saturated heterocycles. The quantitative estimate of drug-likeness (QED) is 0.693. The van der Waals surface area contributed by atoms with Gasteiger partial charge in [-0.15, -0.1) is 0 Å². The van der Waals surface area contributed by atoms with Crippen LogP contribution in [-0.2, 0) is 4.74 Å². The minimum absolute atomic E-state index is 0.889. The molecule has 0 saturated carbocycles. The fraction of sp³-hybridized carbons (Fsp3) is 0.538. The Hall–Kier alpha value is -0.820. The third kappa shape index (κ3) is 13.7. The highest BCUT2D eigenvalue weighted by molar-refractivity contribution is 5.11. The summed E-state index contributed by atoms with van der Waals surface area (Å²) in [4.78, 5) is 0. The van der Waals surface area contributed by atoms with Crippen molar-refractivity contribution < 1.29 is 4.74 Å². The molecule has 0 aliphatic rings. The van der Waals surface area contributed by atoms with Gasteiger partial charge >= 0.3 is 0 Å². The lowest BCUT2D eigenvalue weighted by Crippen LogP contribution is -1.80. The van der Waals surface area contributed by atoms with Crippen molar-refractivity contribution in [3.05, 3.63) is 35.9 Å². The monoisotopic (exact) mass is 196 g/mol. The van der Waals surface area contributed by atoms with Gasteiger partial charge in [0.25, 0.3) is 0 Å². The molecular weight excluding hydrogens is 172 g/mol. The van der Waals surface area contributed by atoms with E-state index >= 15 is 0 Å². The molecule has 0 amide bonds. The first-order valence-electron chi connectivity index (χ1n) is 5.31. The first-order chi connectivity index (χ1) is 6.81. The SMILES string of the molecule is CC.CCCOC.Cc1ccccc1. The van der Waals surface area contributed by atoms with E-state index in [1.165, 1.54) is 5.56 Å². The molecule has 0 heterocycles. The van der Waals surface area contributed by atoms with Crippen molar-refractivity contribution in [1.29, 1.82) is 0 Å². The first kappa shape index (κ1) is 15.6. The normalized spacial score (nSPS) is 7.79. The minimum Gasteiger partial charge on any atom is -0.385 e. The van der Waals surface area contributed by atoms with E-state index in [9.17, 15) is 0 Å². The molecule has 14 heavy (non-hydrogen) atoms. The molecule has 0 radical (unpaired) electrons. The smallest absolute Gasteiger partial charge is 0.0459 e.